The summed E-state index contributed by atoms with van der Waals surface area (Å²) in [6.07, 6.45) is 0. The number of para-hydroxylation sites is 2. The van der Waals surface area contributed by atoms with Crippen molar-refractivity contribution < 1.29 is 8.83 Å². The van der Waals surface area contributed by atoms with Crippen LogP contribution in [-0.4, -0.2) is 0 Å². The van der Waals surface area contributed by atoms with Gasteiger partial charge in [0, 0.05) is 5.69 Å². The number of benzene rings is 4. The van der Waals surface area contributed by atoms with Crippen molar-refractivity contribution in [3.8, 4) is 11.1 Å². The van der Waals surface area contributed by atoms with Gasteiger partial charge in [0.1, 0.15) is 11.0 Å². The predicted molar refractivity (Wildman–Crippen MR) is 130 cm³/mol. The Morgan fingerprint density at radius 3 is 2.31 bits per heavy atom. The van der Waals surface area contributed by atoms with Crippen LogP contribution < -0.4 is 10.9 Å². The minimum atomic E-state index is -0.414. The van der Waals surface area contributed by atoms with Crippen LogP contribution in [0.15, 0.2) is 105 Å². The van der Waals surface area contributed by atoms with Gasteiger partial charge in [-0.1, -0.05) is 72.8 Å². The van der Waals surface area contributed by atoms with E-state index in [0.29, 0.717) is 28.0 Å². The first-order valence-electron chi connectivity index (χ1n) is 10.5. The van der Waals surface area contributed by atoms with E-state index in [-0.39, 0.29) is 0 Å². The monoisotopic (exact) mass is 417 g/mol. The summed E-state index contributed by atoms with van der Waals surface area (Å²) in [5.74, 6) is 0.523. The molecule has 1 N–H and O–H groups in total. The minimum Gasteiger partial charge on any atom is -0.439 e. The molecular weight excluding hydrogens is 398 g/mol. The Kier molecular flexibility index (Phi) is 4.12. The fraction of sp³-hybridized carbons (Fsp3) is 0.0357. The first-order valence-corrected chi connectivity index (χ1v) is 10.5. The maximum Gasteiger partial charge on any atom is 0.348 e. The van der Waals surface area contributed by atoms with Gasteiger partial charge < -0.3 is 14.2 Å². The van der Waals surface area contributed by atoms with E-state index in [1.165, 1.54) is 0 Å². The van der Waals surface area contributed by atoms with Gasteiger partial charge in [-0.05, 0) is 47.0 Å². The zero-order valence-electron chi connectivity index (χ0n) is 17.4. The highest BCUT2D eigenvalue weighted by atomic mass is 16.4. The number of anilines is 2. The molecule has 0 aliphatic rings. The molecule has 0 radical (unpaired) electrons. The third kappa shape index (κ3) is 2.81. The van der Waals surface area contributed by atoms with Crippen LogP contribution in [0.4, 0.5) is 11.6 Å². The first kappa shape index (κ1) is 18.5. The Morgan fingerprint density at radius 1 is 0.719 bits per heavy atom. The lowest BCUT2D eigenvalue weighted by Gasteiger charge is -2.10. The summed E-state index contributed by atoms with van der Waals surface area (Å²) in [7, 11) is 0. The van der Waals surface area contributed by atoms with Gasteiger partial charge in [-0.2, -0.15) is 0 Å². The Hall–Kier alpha value is -4.31. The molecule has 154 valence electrons. The van der Waals surface area contributed by atoms with Crippen LogP contribution in [0.5, 0.6) is 0 Å². The molecule has 0 unspecified atom stereocenters. The molecule has 32 heavy (non-hydrogen) atoms. The maximum absolute atomic E-state index is 13.2. The minimum absolute atomic E-state index is 0.414. The Labute approximate surface area is 183 Å². The van der Waals surface area contributed by atoms with E-state index in [1.807, 2.05) is 73.7 Å². The van der Waals surface area contributed by atoms with Crippen molar-refractivity contribution in [1.29, 1.82) is 0 Å². The number of hydrogen-bond acceptors (Lipinski definition) is 4. The molecule has 0 bridgehead atoms. The molecule has 4 heteroatoms. The van der Waals surface area contributed by atoms with Crippen LogP contribution >= 0.6 is 0 Å². The lowest BCUT2D eigenvalue weighted by Crippen LogP contribution is -2.00. The average Bonchev–Trinajstić information content (AvgIpc) is 3.20. The summed E-state index contributed by atoms with van der Waals surface area (Å²) in [6, 6.07) is 29.7. The summed E-state index contributed by atoms with van der Waals surface area (Å²) < 4.78 is 12.1. The molecule has 0 aliphatic carbocycles. The zero-order valence-corrected chi connectivity index (χ0v) is 17.4. The smallest absolute Gasteiger partial charge is 0.348 e. The van der Waals surface area contributed by atoms with Crippen molar-refractivity contribution in [3.05, 3.63) is 107 Å². The van der Waals surface area contributed by atoms with E-state index in [4.69, 9.17) is 8.83 Å². The second kappa shape index (κ2) is 7.13. The van der Waals surface area contributed by atoms with Crippen LogP contribution in [0.2, 0.25) is 0 Å². The predicted octanol–water partition coefficient (Wildman–Crippen LogP) is 7.41. The molecule has 0 spiro atoms. The van der Waals surface area contributed by atoms with Gasteiger partial charge in [0.25, 0.3) is 0 Å². The summed E-state index contributed by atoms with van der Waals surface area (Å²) >= 11 is 0. The number of furan rings is 1. The number of rotatable bonds is 3. The molecule has 0 aliphatic heterocycles. The molecule has 6 aromatic rings. The highest BCUT2D eigenvalue weighted by Crippen LogP contribution is 2.43. The van der Waals surface area contributed by atoms with Crippen molar-refractivity contribution in [3.63, 3.8) is 0 Å². The number of fused-ring (bicyclic) bond motifs is 4. The fourth-order valence-electron chi connectivity index (χ4n) is 4.33. The van der Waals surface area contributed by atoms with Crippen LogP contribution in [0.25, 0.3) is 43.8 Å². The van der Waals surface area contributed by atoms with Gasteiger partial charge in [-0.25, -0.2) is 4.79 Å². The maximum atomic E-state index is 13.2. The standard InChI is InChI=1S/C28H19NO3/c1-17-9-2-6-15-22(17)29-27-24(20-14-8-11-18-10-3-4-12-19(18)20)25-26(32-27)21-13-5-7-16-23(21)31-28(25)30/h2-16,29H,1H3. The highest BCUT2D eigenvalue weighted by molar-refractivity contribution is 6.13. The van der Waals surface area contributed by atoms with Gasteiger partial charge >= 0.3 is 5.63 Å². The lowest BCUT2D eigenvalue weighted by molar-refractivity contribution is 0.566. The second-order valence-corrected chi connectivity index (χ2v) is 7.86. The molecule has 0 atom stereocenters. The summed E-state index contributed by atoms with van der Waals surface area (Å²) in [4.78, 5) is 13.2. The van der Waals surface area contributed by atoms with E-state index in [2.05, 4.69) is 23.5 Å². The SMILES string of the molecule is Cc1ccccc1Nc1oc2c(c1-c1cccc3ccccc13)c(=O)oc1ccccc12. The quantitative estimate of drug-likeness (QED) is 0.305. The van der Waals surface area contributed by atoms with Crippen LogP contribution in [0, 0.1) is 6.92 Å². The Balaban J connectivity index is 1.75. The average molecular weight is 417 g/mol. The molecule has 4 aromatic carbocycles. The zero-order chi connectivity index (χ0) is 21.7. The first-order chi connectivity index (χ1) is 15.7. The van der Waals surface area contributed by atoms with Crippen molar-refractivity contribution in [2.75, 3.05) is 5.32 Å². The van der Waals surface area contributed by atoms with Gasteiger partial charge in [-0.15, -0.1) is 0 Å². The van der Waals surface area contributed by atoms with Gasteiger partial charge in [-0.3, -0.25) is 0 Å². The molecule has 0 saturated carbocycles. The molecule has 0 saturated heterocycles. The van der Waals surface area contributed by atoms with Crippen LogP contribution in [0.1, 0.15) is 5.56 Å². The topological polar surface area (TPSA) is 55.4 Å². The van der Waals surface area contributed by atoms with Gasteiger partial charge in [0.05, 0.1) is 10.9 Å². The van der Waals surface area contributed by atoms with Gasteiger partial charge in [0.2, 0.25) is 5.88 Å². The summed E-state index contributed by atoms with van der Waals surface area (Å²) in [5, 5.41) is 6.77. The third-order valence-electron chi connectivity index (χ3n) is 5.90. The molecule has 6 rings (SSSR count). The lowest BCUT2D eigenvalue weighted by atomic mass is 9.97. The normalized spacial score (nSPS) is 11.4. The molecular formula is C28H19NO3. The molecule has 2 aromatic heterocycles. The third-order valence-corrected chi connectivity index (χ3v) is 5.90. The number of aryl methyl sites for hydroxylation is 1. The van der Waals surface area contributed by atoms with E-state index >= 15 is 0 Å². The number of nitrogens with one attached hydrogen (secondary N) is 1. The molecule has 2 heterocycles. The molecule has 0 fully saturated rings. The van der Waals surface area contributed by atoms with Crippen molar-refractivity contribution >= 4 is 44.3 Å². The van der Waals surface area contributed by atoms with E-state index in [9.17, 15) is 4.79 Å². The van der Waals surface area contributed by atoms with Crippen molar-refractivity contribution in [2.45, 2.75) is 6.92 Å². The van der Waals surface area contributed by atoms with E-state index in [1.54, 1.807) is 6.07 Å². The van der Waals surface area contributed by atoms with Crippen LogP contribution in [0.3, 0.4) is 0 Å². The summed E-state index contributed by atoms with van der Waals surface area (Å²) in [5.41, 5.74) is 4.24. The van der Waals surface area contributed by atoms with E-state index < -0.39 is 5.63 Å². The largest absolute Gasteiger partial charge is 0.439 e. The van der Waals surface area contributed by atoms with Crippen molar-refractivity contribution in [1.82, 2.24) is 0 Å². The molecule has 0 amide bonds. The van der Waals surface area contributed by atoms with Gasteiger partial charge in [0.15, 0.2) is 5.58 Å². The number of hydrogen-bond donors (Lipinski definition) is 1. The molecule has 4 nitrogen and oxygen atoms in total. The Bertz CT molecular complexity index is 1690. The highest BCUT2D eigenvalue weighted by Gasteiger charge is 2.24. The van der Waals surface area contributed by atoms with Crippen molar-refractivity contribution in [2.24, 2.45) is 0 Å². The fourth-order valence-corrected chi connectivity index (χ4v) is 4.33. The second-order valence-electron chi connectivity index (χ2n) is 7.86. The Morgan fingerprint density at radius 2 is 1.44 bits per heavy atom. The summed E-state index contributed by atoms with van der Waals surface area (Å²) in [6.45, 7) is 2.03. The van der Waals surface area contributed by atoms with E-state index in [0.717, 1.165) is 33.0 Å². The van der Waals surface area contributed by atoms with Crippen LogP contribution in [-0.2, 0) is 0 Å².